The average Bonchev–Trinajstić information content (AvgIpc) is 2.98. The number of ether oxygens (including phenoxy) is 1. The van der Waals surface area contributed by atoms with Crippen molar-refractivity contribution in [3.05, 3.63) is 51.8 Å². The summed E-state index contributed by atoms with van der Waals surface area (Å²) in [6.45, 7) is 9.11. The Morgan fingerprint density at radius 3 is 2.65 bits per heavy atom. The fourth-order valence-corrected chi connectivity index (χ4v) is 2.27. The van der Waals surface area contributed by atoms with Gasteiger partial charge < -0.3 is 9.26 Å². The summed E-state index contributed by atoms with van der Waals surface area (Å²) < 4.78 is 11.3. The van der Waals surface area contributed by atoms with E-state index in [2.05, 4.69) is 10.0 Å². The topological polar surface area (TPSA) is 64.0 Å². The second-order valence-corrected chi connectivity index (χ2v) is 4.32. The molecule has 0 unspecified atom stereocenters. The zero-order chi connectivity index (χ0) is 14.3. The molecule has 3 aromatic rings. The van der Waals surface area contributed by atoms with Gasteiger partial charge in [-0.05, 0) is 24.6 Å². The Morgan fingerprint density at radius 2 is 2.05 bits per heavy atom. The number of aryl methyl sites for hydroxylation is 1. The summed E-state index contributed by atoms with van der Waals surface area (Å²) in [7, 11) is 1.58. The summed E-state index contributed by atoms with van der Waals surface area (Å²) in [5.41, 5.74) is 2.93. The molecule has 20 heavy (non-hydrogen) atoms. The van der Waals surface area contributed by atoms with Crippen molar-refractivity contribution in [1.82, 2.24) is 9.56 Å². The summed E-state index contributed by atoms with van der Waals surface area (Å²) in [6, 6.07) is 7.18. The van der Waals surface area contributed by atoms with Crippen LogP contribution in [0.2, 0.25) is 0 Å². The van der Waals surface area contributed by atoms with Crippen LogP contribution < -0.4 is 10.5 Å². The molecule has 0 radical (unpaired) electrons. The van der Waals surface area contributed by atoms with E-state index in [4.69, 9.17) is 15.8 Å². The number of aromatic nitrogens is 2. The lowest BCUT2D eigenvalue weighted by Crippen LogP contribution is -2.05. The number of hydrogen-bond donors (Lipinski definition) is 1. The van der Waals surface area contributed by atoms with E-state index >= 15 is 0 Å². The number of nitrogens with zero attached hydrogens (tertiary/aromatic N) is 2. The van der Waals surface area contributed by atoms with Gasteiger partial charge in [0.25, 0.3) is 0 Å². The molecule has 0 fully saturated rings. The molecule has 3 rings (SSSR count). The molecule has 1 N–H and O–H groups in total. The molecule has 0 amide bonds. The number of benzene rings is 1. The highest BCUT2D eigenvalue weighted by Crippen LogP contribution is 2.37. The van der Waals surface area contributed by atoms with Gasteiger partial charge in [0.05, 0.1) is 19.4 Å². The Kier molecular flexibility index (Phi) is 2.61. The minimum Gasteiger partial charge on any atom is -0.497 e. The Balaban J connectivity index is 2.36. The quantitative estimate of drug-likeness (QED) is 0.727. The van der Waals surface area contributed by atoms with Gasteiger partial charge >= 0.3 is 5.76 Å². The lowest BCUT2D eigenvalue weighted by molar-refractivity contribution is 0.387. The highest BCUT2D eigenvalue weighted by atomic mass is 16.5. The third-order valence-electron chi connectivity index (χ3n) is 3.27. The number of H-pyrrole nitrogens is 1. The summed E-state index contributed by atoms with van der Waals surface area (Å²) in [4.78, 5) is 15.4. The van der Waals surface area contributed by atoms with Gasteiger partial charge in [-0.3, -0.25) is 0 Å². The van der Waals surface area contributed by atoms with E-state index in [-0.39, 0.29) is 0 Å². The van der Waals surface area contributed by atoms with E-state index in [0.29, 0.717) is 28.3 Å². The van der Waals surface area contributed by atoms with Crippen molar-refractivity contribution in [2.24, 2.45) is 0 Å². The molecule has 2 heterocycles. The molecular formula is C14H11N3O3. The van der Waals surface area contributed by atoms with Crippen LogP contribution >= 0.6 is 0 Å². The summed E-state index contributed by atoms with van der Waals surface area (Å²) in [5.74, 6) is 0.174. The number of methoxy groups -OCH3 is 1. The lowest BCUT2D eigenvalue weighted by Gasteiger charge is -2.03. The van der Waals surface area contributed by atoms with Crippen LogP contribution in [0.1, 0.15) is 5.56 Å². The molecule has 0 aliphatic rings. The van der Waals surface area contributed by atoms with Gasteiger partial charge in [-0.15, -0.1) is 0 Å². The first-order chi connectivity index (χ1) is 9.67. The Labute approximate surface area is 114 Å². The third-order valence-corrected chi connectivity index (χ3v) is 3.27. The lowest BCUT2D eigenvalue weighted by atomic mass is 10.1. The molecule has 0 aliphatic heterocycles. The zero-order valence-corrected chi connectivity index (χ0v) is 10.9. The molecule has 6 heteroatoms. The molecule has 0 atom stereocenters. The fourth-order valence-electron chi connectivity index (χ4n) is 2.27. The molecule has 2 aromatic heterocycles. The Bertz CT molecular complexity index is 875. The van der Waals surface area contributed by atoms with Crippen molar-refractivity contribution in [1.29, 1.82) is 0 Å². The van der Waals surface area contributed by atoms with Crippen LogP contribution in [0.4, 0.5) is 5.69 Å². The average molecular weight is 269 g/mol. The summed E-state index contributed by atoms with van der Waals surface area (Å²) >= 11 is 0. The van der Waals surface area contributed by atoms with Crippen LogP contribution in [-0.2, 0) is 0 Å². The van der Waals surface area contributed by atoms with Crippen LogP contribution in [-0.4, -0.2) is 16.7 Å². The zero-order valence-electron chi connectivity index (χ0n) is 10.9. The predicted molar refractivity (Wildman–Crippen MR) is 73.3 cm³/mol. The summed E-state index contributed by atoms with van der Waals surface area (Å²) in [5, 5.41) is 2.55. The molecule has 0 spiro atoms. The van der Waals surface area contributed by atoms with Crippen molar-refractivity contribution in [2.45, 2.75) is 6.92 Å². The maximum atomic E-state index is 11.8. The van der Waals surface area contributed by atoms with Gasteiger partial charge in [-0.25, -0.2) is 19.2 Å². The van der Waals surface area contributed by atoms with Crippen LogP contribution in [0, 0.1) is 13.5 Å². The van der Waals surface area contributed by atoms with Crippen molar-refractivity contribution >= 4 is 11.3 Å². The van der Waals surface area contributed by atoms with E-state index in [1.165, 1.54) is 4.40 Å². The molecule has 0 bridgehead atoms. The first-order valence-corrected chi connectivity index (χ1v) is 5.91. The van der Waals surface area contributed by atoms with E-state index in [9.17, 15) is 4.79 Å². The largest absolute Gasteiger partial charge is 0.497 e. The number of fused-ring (bicyclic) bond motifs is 1. The van der Waals surface area contributed by atoms with E-state index < -0.39 is 5.76 Å². The second kappa shape index (κ2) is 4.31. The Hall–Kier alpha value is -2.94. The maximum absolute atomic E-state index is 11.8. The molecule has 1 aromatic carbocycles. The highest BCUT2D eigenvalue weighted by molar-refractivity contribution is 5.85. The first kappa shape index (κ1) is 12.1. The van der Waals surface area contributed by atoms with Crippen LogP contribution in [0.25, 0.3) is 21.7 Å². The molecule has 0 saturated heterocycles. The van der Waals surface area contributed by atoms with Crippen LogP contribution in [0.5, 0.6) is 5.75 Å². The molecular weight excluding hydrogens is 258 g/mol. The number of aromatic amines is 1. The van der Waals surface area contributed by atoms with Crippen molar-refractivity contribution in [3.63, 3.8) is 0 Å². The number of hydrogen-bond acceptors (Lipinski definition) is 3. The molecule has 6 nitrogen and oxygen atoms in total. The normalized spacial score (nSPS) is 10.7. The van der Waals surface area contributed by atoms with E-state index in [1.54, 1.807) is 38.3 Å². The minimum atomic E-state index is -0.538. The van der Waals surface area contributed by atoms with Crippen molar-refractivity contribution in [2.75, 3.05) is 7.11 Å². The minimum absolute atomic E-state index is 0.439. The standard InChI is InChI=1S/C14H11N3O3/c1-8-11(15-2)12(17-13(8)16-20-14(17)18)9-4-6-10(19-3)7-5-9/h4-7,16H,1,3H3. The number of nitrogens with one attached hydrogen (secondary N) is 1. The number of rotatable bonds is 2. The monoisotopic (exact) mass is 269 g/mol. The smallest absolute Gasteiger partial charge is 0.443 e. The van der Waals surface area contributed by atoms with Gasteiger partial charge in [-0.1, -0.05) is 12.1 Å². The fraction of sp³-hybridized carbons (Fsp3) is 0.143. The SMILES string of the molecule is [C-]#[N+]c1c(C)c2[nH]oc(=O)n2c1-c1ccc(OC)cc1. The molecule has 0 saturated carbocycles. The molecule has 0 aliphatic carbocycles. The molecule has 100 valence electrons. The van der Waals surface area contributed by atoms with Gasteiger partial charge in [0.1, 0.15) is 11.4 Å². The third kappa shape index (κ3) is 1.53. The first-order valence-electron chi connectivity index (χ1n) is 5.91. The highest BCUT2D eigenvalue weighted by Gasteiger charge is 2.21. The van der Waals surface area contributed by atoms with Gasteiger partial charge in [0, 0.05) is 5.56 Å². The van der Waals surface area contributed by atoms with Gasteiger partial charge in [-0.2, -0.15) is 0 Å². The van der Waals surface area contributed by atoms with Gasteiger partial charge in [0.15, 0.2) is 0 Å². The second-order valence-electron chi connectivity index (χ2n) is 4.32. The van der Waals surface area contributed by atoms with Gasteiger partial charge in [0.2, 0.25) is 5.69 Å². The van der Waals surface area contributed by atoms with E-state index in [1.807, 2.05) is 0 Å². The summed E-state index contributed by atoms with van der Waals surface area (Å²) in [6.07, 6.45) is 0. The van der Waals surface area contributed by atoms with E-state index in [0.717, 1.165) is 5.56 Å². The maximum Gasteiger partial charge on any atom is 0.443 e. The predicted octanol–water partition coefficient (Wildman–Crippen LogP) is 2.76. The van der Waals surface area contributed by atoms with Crippen LogP contribution in [0.3, 0.4) is 0 Å². The Morgan fingerprint density at radius 1 is 1.35 bits per heavy atom. The van der Waals surface area contributed by atoms with Crippen molar-refractivity contribution in [3.8, 4) is 17.0 Å². The van der Waals surface area contributed by atoms with Crippen molar-refractivity contribution < 1.29 is 9.26 Å². The van der Waals surface area contributed by atoms with Crippen LogP contribution in [0.15, 0.2) is 33.6 Å².